The van der Waals surface area contributed by atoms with Gasteiger partial charge in [-0.1, -0.05) is 0 Å². The molecule has 1 saturated carbocycles. The number of nitrogens with zero attached hydrogens (tertiary/aromatic N) is 4. The van der Waals surface area contributed by atoms with Gasteiger partial charge in [-0.05, 0) is 25.8 Å². The third-order valence-electron chi connectivity index (χ3n) is 3.12. The Kier molecular flexibility index (Phi) is 7.70. The van der Waals surface area contributed by atoms with E-state index >= 15 is 0 Å². The molecule has 0 spiro atoms. The third kappa shape index (κ3) is 4.79. The van der Waals surface area contributed by atoms with E-state index in [0.717, 1.165) is 25.6 Å². The molecule has 100 valence electrons. The van der Waals surface area contributed by atoms with Crippen molar-refractivity contribution in [2.75, 3.05) is 20.1 Å². The average molecular weight is 282 g/mol. The van der Waals surface area contributed by atoms with E-state index in [1.807, 2.05) is 4.68 Å². The fourth-order valence-electron chi connectivity index (χ4n) is 1.99. The third-order valence-corrected chi connectivity index (χ3v) is 3.12. The molecular formula is C10H21Cl2N5. The van der Waals surface area contributed by atoms with Crippen molar-refractivity contribution in [2.45, 2.75) is 25.4 Å². The molecule has 2 N–H and O–H groups in total. The van der Waals surface area contributed by atoms with Crippen molar-refractivity contribution in [1.82, 2.24) is 19.7 Å². The molecule has 0 bridgehead atoms. The highest BCUT2D eigenvalue weighted by molar-refractivity contribution is 5.85. The molecule has 0 aliphatic heterocycles. The molecule has 0 radical (unpaired) electrons. The number of nitrogens with two attached hydrogens (primary N) is 1. The van der Waals surface area contributed by atoms with E-state index in [0.29, 0.717) is 6.04 Å². The minimum Gasteiger partial charge on any atom is -0.329 e. The van der Waals surface area contributed by atoms with E-state index in [1.165, 1.54) is 12.8 Å². The number of halogens is 2. The molecule has 1 aliphatic carbocycles. The van der Waals surface area contributed by atoms with Crippen molar-refractivity contribution in [1.29, 1.82) is 0 Å². The molecular weight excluding hydrogens is 261 g/mol. The first-order valence-electron chi connectivity index (χ1n) is 5.54. The van der Waals surface area contributed by atoms with Gasteiger partial charge in [0.05, 0.1) is 6.54 Å². The summed E-state index contributed by atoms with van der Waals surface area (Å²) in [6.45, 7) is 2.64. The van der Waals surface area contributed by atoms with Gasteiger partial charge in [0.1, 0.15) is 12.7 Å². The fraction of sp³-hybridized carbons (Fsp3) is 0.800. The Bertz CT molecular complexity index is 289. The van der Waals surface area contributed by atoms with Crippen LogP contribution in [0.15, 0.2) is 12.7 Å². The Balaban J connectivity index is 0.00000128. The number of likely N-dealkylation sites (N-methyl/N-ethyl adjacent to an activating group) is 1. The quantitative estimate of drug-likeness (QED) is 0.838. The molecule has 1 unspecified atom stereocenters. The number of hydrogen-bond acceptors (Lipinski definition) is 4. The Morgan fingerprint density at radius 1 is 1.47 bits per heavy atom. The minimum atomic E-state index is 0. The second-order valence-electron chi connectivity index (χ2n) is 4.28. The molecule has 17 heavy (non-hydrogen) atoms. The zero-order valence-electron chi connectivity index (χ0n) is 10.0. The van der Waals surface area contributed by atoms with E-state index in [9.17, 15) is 0 Å². The molecule has 1 atom stereocenters. The Morgan fingerprint density at radius 3 is 2.65 bits per heavy atom. The lowest BCUT2D eigenvalue weighted by Crippen LogP contribution is -2.41. The van der Waals surface area contributed by atoms with Crippen molar-refractivity contribution >= 4 is 24.8 Å². The van der Waals surface area contributed by atoms with Crippen LogP contribution in [0.2, 0.25) is 0 Å². The van der Waals surface area contributed by atoms with Gasteiger partial charge in [-0.3, -0.25) is 4.68 Å². The van der Waals surface area contributed by atoms with Gasteiger partial charge in [0.15, 0.2) is 0 Å². The maximum Gasteiger partial charge on any atom is 0.137 e. The normalized spacial score (nSPS) is 16.2. The molecule has 2 rings (SSSR count). The first kappa shape index (κ1) is 16.6. The lowest BCUT2D eigenvalue weighted by Gasteiger charge is -2.26. The summed E-state index contributed by atoms with van der Waals surface area (Å²) >= 11 is 0. The molecule has 0 aromatic carbocycles. The molecule has 5 nitrogen and oxygen atoms in total. The highest BCUT2D eigenvalue weighted by Crippen LogP contribution is 2.34. The molecule has 1 aliphatic rings. The van der Waals surface area contributed by atoms with Gasteiger partial charge in [0.25, 0.3) is 0 Å². The summed E-state index contributed by atoms with van der Waals surface area (Å²) in [7, 11) is 2.15. The standard InChI is InChI=1S/C10H19N5.2ClH/c1-14(10(6-11)9-2-3-9)4-5-15-8-12-7-13-15;;/h7-10H,2-6,11H2,1H3;2*1H. The van der Waals surface area contributed by atoms with Crippen molar-refractivity contribution in [3.63, 3.8) is 0 Å². The molecule has 0 amide bonds. The smallest absolute Gasteiger partial charge is 0.137 e. The second-order valence-corrected chi connectivity index (χ2v) is 4.28. The molecule has 1 aromatic rings. The van der Waals surface area contributed by atoms with Crippen LogP contribution >= 0.6 is 24.8 Å². The fourth-order valence-corrected chi connectivity index (χ4v) is 1.99. The lowest BCUT2D eigenvalue weighted by atomic mass is 10.1. The molecule has 0 saturated heterocycles. The summed E-state index contributed by atoms with van der Waals surface area (Å²) in [6, 6.07) is 0.550. The van der Waals surface area contributed by atoms with Gasteiger partial charge >= 0.3 is 0 Å². The summed E-state index contributed by atoms with van der Waals surface area (Å²) in [5.41, 5.74) is 5.79. The largest absolute Gasteiger partial charge is 0.329 e. The maximum absolute atomic E-state index is 5.79. The Labute approximate surface area is 115 Å². The highest BCUT2D eigenvalue weighted by atomic mass is 35.5. The monoisotopic (exact) mass is 281 g/mol. The predicted octanol–water partition coefficient (Wildman–Crippen LogP) is 0.791. The summed E-state index contributed by atoms with van der Waals surface area (Å²) in [6.07, 6.45) is 6.01. The van der Waals surface area contributed by atoms with Gasteiger partial charge in [-0.15, -0.1) is 24.8 Å². The zero-order valence-corrected chi connectivity index (χ0v) is 11.7. The van der Waals surface area contributed by atoms with Crippen LogP contribution < -0.4 is 5.73 Å². The first-order chi connectivity index (χ1) is 7.31. The van der Waals surface area contributed by atoms with Gasteiger partial charge in [-0.25, -0.2) is 4.98 Å². The average Bonchev–Trinajstić information content (AvgIpc) is 2.93. The van der Waals surface area contributed by atoms with Crippen molar-refractivity contribution in [2.24, 2.45) is 11.7 Å². The van der Waals surface area contributed by atoms with Crippen LogP contribution in [0.3, 0.4) is 0 Å². The van der Waals surface area contributed by atoms with E-state index < -0.39 is 0 Å². The topological polar surface area (TPSA) is 60.0 Å². The lowest BCUT2D eigenvalue weighted by molar-refractivity contribution is 0.213. The van der Waals surface area contributed by atoms with E-state index in [1.54, 1.807) is 12.7 Å². The molecule has 7 heteroatoms. The van der Waals surface area contributed by atoms with Crippen molar-refractivity contribution in [3.8, 4) is 0 Å². The van der Waals surface area contributed by atoms with Crippen LogP contribution in [0.5, 0.6) is 0 Å². The Hall–Kier alpha value is -0.360. The zero-order chi connectivity index (χ0) is 10.7. The summed E-state index contributed by atoms with van der Waals surface area (Å²) < 4.78 is 1.86. The number of aromatic nitrogens is 3. The van der Waals surface area contributed by atoms with Crippen LogP contribution in [-0.4, -0.2) is 45.8 Å². The number of hydrogen-bond donors (Lipinski definition) is 1. The van der Waals surface area contributed by atoms with E-state index in [-0.39, 0.29) is 24.8 Å². The molecule has 1 heterocycles. The summed E-state index contributed by atoms with van der Waals surface area (Å²) in [4.78, 5) is 6.27. The van der Waals surface area contributed by atoms with E-state index in [2.05, 4.69) is 22.0 Å². The van der Waals surface area contributed by atoms with Gasteiger partial charge in [0.2, 0.25) is 0 Å². The summed E-state index contributed by atoms with van der Waals surface area (Å²) in [5.74, 6) is 0.829. The van der Waals surface area contributed by atoms with Crippen LogP contribution in [0.4, 0.5) is 0 Å². The van der Waals surface area contributed by atoms with Crippen LogP contribution in [-0.2, 0) is 6.54 Å². The van der Waals surface area contributed by atoms with Gasteiger partial charge in [-0.2, -0.15) is 5.10 Å². The second kappa shape index (κ2) is 7.87. The van der Waals surface area contributed by atoms with Crippen LogP contribution in [0, 0.1) is 5.92 Å². The SMILES string of the molecule is CN(CCn1cncn1)C(CN)C1CC1.Cl.Cl. The van der Waals surface area contributed by atoms with Gasteiger partial charge in [0, 0.05) is 19.1 Å². The van der Waals surface area contributed by atoms with Gasteiger partial charge < -0.3 is 10.6 Å². The first-order valence-corrected chi connectivity index (χ1v) is 5.54. The van der Waals surface area contributed by atoms with E-state index in [4.69, 9.17) is 5.73 Å². The number of rotatable bonds is 6. The minimum absolute atomic E-state index is 0. The maximum atomic E-state index is 5.79. The summed E-state index contributed by atoms with van der Waals surface area (Å²) in [5, 5.41) is 4.08. The van der Waals surface area contributed by atoms with Crippen LogP contribution in [0.1, 0.15) is 12.8 Å². The molecule has 1 fully saturated rings. The predicted molar refractivity (Wildman–Crippen MR) is 72.7 cm³/mol. The van der Waals surface area contributed by atoms with Crippen molar-refractivity contribution in [3.05, 3.63) is 12.7 Å². The molecule has 1 aromatic heterocycles. The highest BCUT2D eigenvalue weighted by Gasteiger charge is 2.32. The van der Waals surface area contributed by atoms with Crippen LogP contribution in [0.25, 0.3) is 0 Å². The van der Waals surface area contributed by atoms with Crippen molar-refractivity contribution < 1.29 is 0 Å². The Morgan fingerprint density at radius 2 is 2.18 bits per heavy atom.